The fourth-order valence-electron chi connectivity index (χ4n) is 5.01. The first-order chi connectivity index (χ1) is 16.2. The van der Waals surface area contributed by atoms with Gasteiger partial charge in [0, 0.05) is 35.7 Å². The third kappa shape index (κ3) is 3.89. The summed E-state index contributed by atoms with van der Waals surface area (Å²) in [4.78, 5) is 19.7. The van der Waals surface area contributed by atoms with Gasteiger partial charge < -0.3 is 9.88 Å². The van der Waals surface area contributed by atoms with E-state index in [1.807, 2.05) is 12.3 Å². The number of aromatic amines is 1. The van der Waals surface area contributed by atoms with E-state index in [9.17, 15) is 0 Å². The second kappa shape index (κ2) is 8.41. The van der Waals surface area contributed by atoms with Gasteiger partial charge in [0.2, 0.25) is 0 Å². The topological polar surface area (TPSA) is 57.7 Å². The van der Waals surface area contributed by atoms with E-state index >= 15 is 0 Å². The van der Waals surface area contributed by atoms with Crippen LogP contribution in [0.3, 0.4) is 0 Å². The van der Waals surface area contributed by atoms with Crippen LogP contribution >= 0.6 is 0 Å². The van der Waals surface area contributed by atoms with Crippen LogP contribution in [-0.4, -0.2) is 45.0 Å². The summed E-state index contributed by atoms with van der Waals surface area (Å²) < 4.78 is 0. The van der Waals surface area contributed by atoms with Crippen molar-refractivity contribution < 1.29 is 1.43 Å². The summed E-state index contributed by atoms with van der Waals surface area (Å²) in [7, 11) is 2.21. The molecular formula is C28H29N5. The van der Waals surface area contributed by atoms with Gasteiger partial charge in [-0.2, -0.15) is 0 Å². The number of aromatic nitrogens is 4. The normalized spacial score (nSPS) is 15.4. The van der Waals surface area contributed by atoms with Crippen LogP contribution in [0, 0.1) is 5.92 Å². The fraction of sp³-hybridized carbons (Fsp3) is 0.250. The minimum absolute atomic E-state index is 0. The number of hydrogen-bond acceptors (Lipinski definition) is 4. The summed E-state index contributed by atoms with van der Waals surface area (Å²) in [5.41, 5.74) is 7.70. The van der Waals surface area contributed by atoms with Gasteiger partial charge >= 0.3 is 0 Å². The van der Waals surface area contributed by atoms with Crippen molar-refractivity contribution >= 4 is 21.9 Å². The van der Waals surface area contributed by atoms with E-state index in [0.29, 0.717) is 5.92 Å². The summed E-state index contributed by atoms with van der Waals surface area (Å²) in [6, 6.07) is 19.2. The Hall–Kier alpha value is -3.57. The van der Waals surface area contributed by atoms with Gasteiger partial charge in [-0.25, -0.2) is 15.0 Å². The molecule has 1 aliphatic rings. The van der Waals surface area contributed by atoms with Gasteiger partial charge in [-0.1, -0.05) is 36.4 Å². The minimum atomic E-state index is 0. The molecule has 1 N–H and O–H groups in total. The van der Waals surface area contributed by atoms with Gasteiger partial charge in [0.15, 0.2) is 0 Å². The first-order valence-electron chi connectivity index (χ1n) is 11.7. The standard InChI is InChI=1S/C28H27N5.H2/c1-33-11-9-19(10-12-33)13-27-24-14-21(7-8-26(24)31-18-32-27)25-17-30-28-23(25)15-22(16-29-28)20-5-3-2-4-6-20;/h2-8,14-19H,9-13H2,1H3,(H,29,30);1H. The average Bonchev–Trinajstić information content (AvgIpc) is 3.29. The third-order valence-corrected chi connectivity index (χ3v) is 6.99. The summed E-state index contributed by atoms with van der Waals surface area (Å²) in [5.74, 6) is 0.689. The van der Waals surface area contributed by atoms with E-state index in [1.54, 1.807) is 6.33 Å². The number of piperidine rings is 1. The molecule has 0 spiro atoms. The van der Waals surface area contributed by atoms with Crippen LogP contribution in [0.4, 0.5) is 0 Å². The van der Waals surface area contributed by atoms with E-state index in [1.165, 1.54) is 42.8 Å². The molecule has 5 nitrogen and oxygen atoms in total. The predicted molar refractivity (Wildman–Crippen MR) is 136 cm³/mol. The molecule has 4 heterocycles. The molecule has 0 unspecified atom stereocenters. The molecule has 2 aromatic carbocycles. The Bertz CT molecular complexity index is 1420. The molecule has 1 aliphatic heterocycles. The molecule has 0 aliphatic carbocycles. The first-order valence-corrected chi connectivity index (χ1v) is 11.7. The summed E-state index contributed by atoms with van der Waals surface area (Å²) >= 11 is 0. The van der Waals surface area contributed by atoms with E-state index < -0.39 is 0 Å². The number of nitrogens with zero attached hydrogens (tertiary/aromatic N) is 4. The highest BCUT2D eigenvalue weighted by molar-refractivity contribution is 5.98. The third-order valence-electron chi connectivity index (χ3n) is 6.99. The molecule has 0 bridgehead atoms. The van der Waals surface area contributed by atoms with Crippen molar-refractivity contribution in [1.82, 2.24) is 24.8 Å². The van der Waals surface area contributed by atoms with Crippen LogP contribution < -0.4 is 0 Å². The molecular weight excluding hydrogens is 406 g/mol. The molecule has 0 atom stereocenters. The van der Waals surface area contributed by atoms with Crippen LogP contribution in [0.5, 0.6) is 0 Å². The van der Waals surface area contributed by atoms with Crippen LogP contribution in [-0.2, 0) is 6.42 Å². The molecule has 1 saturated heterocycles. The second-order valence-corrected chi connectivity index (χ2v) is 9.19. The highest BCUT2D eigenvalue weighted by Crippen LogP contribution is 2.33. The lowest BCUT2D eigenvalue weighted by Crippen LogP contribution is -2.31. The van der Waals surface area contributed by atoms with E-state index in [-0.39, 0.29) is 1.43 Å². The lowest BCUT2D eigenvalue weighted by atomic mass is 9.91. The number of hydrogen-bond donors (Lipinski definition) is 1. The molecule has 5 heteroatoms. The number of H-pyrrole nitrogens is 1. The maximum absolute atomic E-state index is 4.71. The van der Waals surface area contributed by atoms with Crippen LogP contribution in [0.2, 0.25) is 0 Å². The number of nitrogens with one attached hydrogen (secondary N) is 1. The Balaban J connectivity index is 0.00000241. The molecule has 6 rings (SSSR count). The SMILES string of the molecule is CN1CCC(Cc2ncnc3ccc(-c4c[nH]c5ncc(-c6ccccc6)cc45)cc23)CC1.[HH]. The maximum Gasteiger partial charge on any atom is 0.137 e. The van der Waals surface area contributed by atoms with Crippen LogP contribution in [0.15, 0.2) is 73.3 Å². The van der Waals surface area contributed by atoms with Gasteiger partial charge in [0.1, 0.15) is 12.0 Å². The molecule has 0 saturated carbocycles. The van der Waals surface area contributed by atoms with Gasteiger partial charge in [-0.3, -0.25) is 0 Å². The predicted octanol–water partition coefficient (Wildman–Crippen LogP) is 5.97. The Morgan fingerprint density at radius 2 is 1.73 bits per heavy atom. The molecule has 166 valence electrons. The number of benzene rings is 2. The molecule has 1 fully saturated rings. The smallest absolute Gasteiger partial charge is 0.137 e. The molecule has 0 radical (unpaired) electrons. The zero-order valence-electron chi connectivity index (χ0n) is 18.8. The molecule has 3 aromatic heterocycles. The van der Waals surface area contributed by atoms with Gasteiger partial charge in [0.25, 0.3) is 0 Å². The molecule has 5 aromatic rings. The van der Waals surface area contributed by atoms with Crippen molar-refractivity contribution in [1.29, 1.82) is 0 Å². The Labute approximate surface area is 195 Å². The van der Waals surface area contributed by atoms with Crippen molar-refractivity contribution in [3.63, 3.8) is 0 Å². The van der Waals surface area contributed by atoms with E-state index in [0.717, 1.165) is 39.5 Å². The quantitative estimate of drug-likeness (QED) is 0.378. The van der Waals surface area contributed by atoms with Crippen LogP contribution in [0.1, 0.15) is 20.0 Å². The van der Waals surface area contributed by atoms with Crippen molar-refractivity contribution in [3.8, 4) is 22.3 Å². The van der Waals surface area contributed by atoms with Crippen molar-refractivity contribution in [2.24, 2.45) is 5.92 Å². The number of likely N-dealkylation sites (tertiary alicyclic amines) is 1. The molecule has 33 heavy (non-hydrogen) atoms. The highest BCUT2D eigenvalue weighted by Gasteiger charge is 2.19. The average molecular weight is 436 g/mol. The Morgan fingerprint density at radius 1 is 0.909 bits per heavy atom. The van der Waals surface area contributed by atoms with Gasteiger partial charge in [0.05, 0.1) is 11.2 Å². The molecule has 0 amide bonds. The van der Waals surface area contributed by atoms with Crippen molar-refractivity contribution in [3.05, 3.63) is 79.0 Å². The van der Waals surface area contributed by atoms with E-state index in [2.05, 4.69) is 81.6 Å². The second-order valence-electron chi connectivity index (χ2n) is 9.19. The zero-order valence-corrected chi connectivity index (χ0v) is 18.8. The fourth-order valence-corrected chi connectivity index (χ4v) is 5.01. The van der Waals surface area contributed by atoms with Gasteiger partial charge in [-0.15, -0.1) is 0 Å². The Kier molecular flexibility index (Phi) is 5.11. The van der Waals surface area contributed by atoms with Crippen LogP contribution in [0.25, 0.3) is 44.2 Å². The highest BCUT2D eigenvalue weighted by atomic mass is 15.1. The zero-order chi connectivity index (χ0) is 22.2. The van der Waals surface area contributed by atoms with Gasteiger partial charge in [-0.05, 0) is 74.6 Å². The monoisotopic (exact) mass is 435 g/mol. The number of fused-ring (bicyclic) bond motifs is 2. The van der Waals surface area contributed by atoms with E-state index in [4.69, 9.17) is 4.98 Å². The first kappa shape index (κ1) is 20.1. The van der Waals surface area contributed by atoms with Crippen molar-refractivity contribution in [2.45, 2.75) is 19.3 Å². The maximum atomic E-state index is 4.71. The lowest BCUT2D eigenvalue weighted by molar-refractivity contribution is 0.218. The Morgan fingerprint density at radius 3 is 2.58 bits per heavy atom. The summed E-state index contributed by atoms with van der Waals surface area (Å²) in [5, 5.41) is 2.29. The summed E-state index contributed by atoms with van der Waals surface area (Å²) in [6.07, 6.45) is 9.20. The number of pyridine rings is 1. The minimum Gasteiger partial charge on any atom is -0.346 e. The summed E-state index contributed by atoms with van der Waals surface area (Å²) in [6.45, 7) is 2.34. The number of rotatable bonds is 4. The lowest BCUT2D eigenvalue weighted by Gasteiger charge is -2.28. The van der Waals surface area contributed by atoms with Crippen molar-refractivity contribution in [2.75, 3.05) is 20.1 Å². The largest absolute Gasteiger partial charge is 0.346 e.